The predicted molar refractivity (Wildman–Crippen MR) is 110 cm³/mol. The van der Waals surface area contributed by atoms with Crippen molar-refractivity contribution in [2.75, 3.05) is 28.4 Å². The molecule has 0 spiro atoms. The molecule has 0 heterocycles. The molecule has 1 saturated carbocycles. The van der Waals surface area contributed by atoms with E-state index in [-0.39, 0.29) is 17.7 Å². The summed E-state index contributed by atoms with van der Waals surface area (Å²) in [5.41, 5.74) is 1.67. The van der Waals surface area contributed by atoms with Crippen molar-refractivity contribution in [3.05, 3.63) is 41.5 Å². The van der Waals surface area contributed by atoms with Gasteiger partial charge in [0.1, 0.15) is 0 Å². The Balaban J connectivity index is 2.10. The lowest BCUT2D eigenvalue weighted by Gasteiger charge is -2.16. The largest absolute Gasteiger partial charge is 0.504 e. The maximum Gasteiger partial charge on any atom is 0.252 e. The SMILES string of the molecule is COc1ccc(/C=C(/C(=O)NC2CC2)c2cc(OC)c(OC)c(OC)c2)cc1O. The molecule has 1 fully saturated rings. The topological polar surface area (TPSA) is 86.3 Å². The molecular formula is C22H25NO6. The first kappa shape index (κ1) is 20.4. The van der Waals surface area contributed by atoms with E-state index in [1.165, 1.54) is 28.4 Å². The van der Waals surface area contributed by atoms with Crippen LogP contribution in [-0.2, 0) is 4.79 Å². The van der Waals surface area contributed by atoms with Crippen molar-refractivity contribution in [2.45, 2.75) is 18.9 Å². The molecule has 1 aliphatic carbocycles. The highest BCUT2D eigenvalue weighted by atomic mass is 16.5. The first-order valence-corrected chi connectivity index (χ1v) is 9.20. The van der Waals surface area contributed by atoms with Crippen LogP contribution in [0.25, 0.3) is 11.6 Å². The number of ether oxygens (including phenoxy) is 4. The lowest BCUT2D eigenvalue weighted by Crippen LogP contribution is -2.26. The van der Waals surface area contributed by atoms with Crippen LogP contribution in [0.15, 0.2) is 30.3 Å². The van der Waals surface area contributed by atoms with Crippen LogP contribution in [0.4, 0.5) is 0 Å². The smallest absolute Gasteiger partial charge is 0.252 e. The van der Waals surface area contributed by atoms with Crippen molar-refractivity contribution in [2.24, 2.45) is 0 Å². The third-order valence-corrected chi connectivity index (χ3v) is 4.65. The molecule has 3 rings (SSSR count). The molecule has 29 heavy (non-hydrogen) atoms. The molecule has 154 valence electrons. The zero-order valence-corrected chi connectivity index (χ0v) is 16.9. The van der Waals surface area contributed by atoms with E-state index in [0.29, 0.717) is 39.7 Å². The van der Waals surface area contributed by atoms with Gasteiger partial charge in [0.25, 0.3) is 5.91 Å². The third kappa shape index (κ3) is 4.56. The van der Waals surface area contributed by atoms with Crippen molar-refractivity contribution >= 4 is 17.6 Å². The fourth-order valence-electron chi connectivity index (χ4n) is 2.97. The number of nitrogens with one attached hydrogen (secondary N) is 1. The summed E-state index contributed by atoms with van der Waals surface area (Å²) in [6.45, 7) is 0. The number of hydrogen-bond donors (Lipinski definition) is 2. The van der Waals surface area contributed by atoms with Crippen LogP contribution in [0.5, 0.6) is 28.7 Å². The van der Waals surface area contributed by atoms with Gasteiger partial charge in [0, 0.05) is 11.6 Å². The minimum atomic E-state index is -0.211. The van der Waals surface area contributed by atoms with Gasteiger partial charge >= 0.3 is 0 Å². The minimum absolute atomic E-state index is 0.00640. The quantitative estimate of drug-likeness (QED) is 0.524. The number of amides is 1. The highest BCUT2D eigenvalue weighted by Gasteiger charge is 2.26. The summed E-state index contributed by atoms with van der Waals surface area (Å²) in [5, 5.41) is 13.1. The summed E-state index contributed by atoms with van der Waals surface area (Å²) < 4.78 is 21.3. The Hall–Kier alpha value is -3.35. The van der Waals surface area contributed by atoms with E-state index in [4.69, 9.17) is 18.9 Å². The van der Waals surface area contributed by atoms with Crippen molar-refractivity contribution in [3.8, 4) is 28.7 Å². The highest BCUT2D eigenvalue weighted by Crippen LogP contribution is 2.40. The minimum Gasteiger partial charge on any atom is -0.504 e. The first-order chi connectivity index (χ1) is 14.0. The maximum atomic E-state index is 13.0. The molecule has 7 heteroatoms. The molecule has 0 radical (unpaired) electrons. The van der Waals surface area contributed by atoms with Crippen molar-refractivity contribution in [1.29, 1.82) is 0 Å². The van der Waals surface area contributed by atoms with E-state index in [1.54, 1.807) is 36.4 Å². The van der Waals surface area contributed by atoms with Crippen LogP contribution in [0.3, 0.4) is 0 Å². The summed E-state index contributed by atoms with van der Waals surface area (Å²) in [5.74, 6) is 1.49. The second-order valence-corrected chi connectivity index (χ2v) is 6.65. The van der Waals surface area contributed by atoms with Crippen molar-refractivity contribution in [3.63, 3.8) is 0 Å². The molecule has 2 N–H and O–H groups in total. The van der Waals surface area contributed by atoms with E-state index in [0.717, 1.165) is 12.8 Å². The molecule has 1 aliphatic rings. The van der Waals surface area contributed by atoms with Gasteiger partial charge in [0.2, 0.25) is 5.75 Å². The van der Waals surface area contributed by atoms with Gasteiger partial charge in [-0.25, -0.2) is 0 Å². The van der Waals surface area contributed by atoms with Crippen molar-refractivity contribution in [1.82, 2.24) is 5.32 Å². The zero-order valence-electron chi connectivity index (χ0n) is 16.9. The Bertz CT molecular complexity index is 908. The van der Waals surface area contributed by atoms with Crippen LogP contribution in [0, 0.1) is 0 Å². The number of rotatable bonds is 8. The number of carbonyl (C=O) groups excluding carboxylic acids is 1. The molecule has 2 aromatic carbocycles. The Morgan fingerprint density at radius 2 is 1.59 bits per heavy atom. The van der Waals surface area contributed by atoms with Gasteiger partial charge < -0.3 is 29.4 Å². The molecule has 0 saturated heterocycles. The van der Waals surface area contributed by atoms with Gasteiger partial charge in [0.05, 0.1) is 28.4 Å². The fourth-order valence-corrected chi connectivity index (χ4v) is 2.97. The van der Waals surface area contributed by atoms with E-state index in [2.05, 4.69) is 5.32 Å². The third-order valence-electron chi connectivity index (χ3n) is 4.65. The second-order valence-electron chi connectivity index (χ2n) is 6.65. The van der Waals surface area contributed by atoms with Gasteiger partial charge in [0.15, 0.2) is 23.0 Å². The van der Waals surface area contributed by atoms with Crippen LogP contribution < -0.4 is 24.3 Å². The Morgan fingerprint density at radius 3 is 2.07 bits per heavy atom. The Morgan fingerprint density at radius 1 is 0.966 bits per heavy atom. The van der Waals surface area contributed by atoms with Crippen LogP contribution in [0.2, 0.25) is 0 Å². The van der Waals surface area contributed by atoms with E-state index in [9.17, 15) is 9.90 Å². The first-order valence-electron chi connectivity index (χ1n) is 9.20. The average molecular weight is 399 g/mol. The lowest BCUT2D eigenvalue weighted by molar-refractivity contribution is -0.115. The molecular weight excluding hydrogens is 374 g/mol. The summed E-state index contributed by atoms with van der Waals surface area (Å²) in [7, 11) is 6.05. The molecule has 2 aromatic rings. The predicted octanol–water partition coefficient (Wildman–Crippen LogP) is 3.25. The van der Waals surface area contributed by atoms with Crippen molar-refractivity contribution < 1.29 is 28.8 Å². The monoisotopic (exact) mass is 399 g/mol. The Labute approximate surface area is 169 Å². The number of benzene rings is 2. The number of hydrogen-bond acceptors (Lipinski definition) is 6. The number of methoxy groups -OCH3 is 4. The molecule has 0 aliphatic heterocycles. The number of carbonyl (C=O) groups is 1. The van der Waals surface area contributed by atoms with Gasteiger partial charge in [-0.15, -0.1) is 0 Å². The highest BCUT2D eigenvalue weighted by molar-refractivity contribution is 6.24. The van der Waals surface area contributed by atoms with Gasteiger partial charge in [-0.05, 0) is 54.3 Å². The van der Waals surface area contributed by atoms with Crippen LogP contribution in [-0.4, -0.2) is 45.5 Å². The standard InChI is InChI=1S/C22H25NO6/c1-26-18-8-5-13(10-17(18)24)9-16(22(25)23-15-6-7-15)14-11-19(27-2)21(29-4)20(12-14)28-3/h5,8-12,15,24H,6-7H2,1-4H3,(H,23,25)/b16-9+. The van der Waals surface area contributed by atoms with E-state index in [1.807, 2.05) is 0 Å². The summed E-state index contributed by atoms with van der Waals surface area (Å²) in [4.78, 5) is 13.0. The zero-order chi connectivity index (χ0) is 21.0. The van der Waals surface area contributed by atoms with Gasteiger partial charge in [-0.2, -0.15) is 0 Å². The Kier molecular flexibility index (Phi) is 6.16. The number of phenolic OH excluding ortho intramolecular Hbond substituents is 1. The maximum absolute atomic E-state index is 13.0. The van der Waals surface area contributed by atoms with Crippen LogP contribution in [0.1, 0.15) is 24.0 Å². The molecule has 0 bridgehead atoms. The average Bonchev–Trinajstić information content (AvgIpc) is 3.54. The lowest BCUT2D eigenvalue weighted by atomic mass is 10.0. The van der Waals surface area contributed by atoms with E-state index < -0.39 is 0 Å². The molecule has 7 nitrogen and oxygen atoms in total. The normalized spacial score (nSPS) is 13.6. The molecule has 0 unspecified atom stereocenters. The second kappa shape index (κ2) is 8.77. The molecule has 0 atom stereocenters. The van der Waals surface area contributed by atoms with Gasteiger partial charge in [-0.3, -0.25) is 4.79 Å². The fraction of sp³-hybridized carbons (Fsp3) is 0.318. The summed E-state index contributed by atoms with van der Waals surface area (Å²) in [6, 6.07) is 8.60. The molecule has 0 aromatic heterocycles. The summed E-state index contributed by atoms with van der Waals surface area (Å²) in [6.07, 6.45) is 3.65. The van der Waals surface area contributed by atoms with Crippen LogP contribution >= 0.6 is 0 Å². The summed E-state index contributed by atoms with van der Waals surface area (Å²) >= 11 is 0. The van der Waals surface area contributed by atoms with Gasteiger partial charge in [-0.1, -0.05) is 6.07 Å². The number of aromatic hydroxyl groups is 1. The molecule has 1 amide bonds. The van der Waals surface area contributed by atoms with E-state index >= 15 is 0 Å². The number of phenols is 1.